The molecular weight excluding hydrogens is 872 g/mol. The normalized spacial score (nSPS) is 12.8. The molecule has 10 N–H and O–H groups in total. The van der Waals surface area contributed by atoms with Gasteiger partial charge in [-0.05, 0) is 86.4 Å². The molecule has 2 aliphatic rings. The molecule has 2 saturated carbocycles. The Kier molecular flexibility index (Phi) is 15.3. The highest BCUT2D eigenvalue weighted by atomic mass is 35.5. The second kappa shape index (κ2) is 21.0. The van der Waals surface area contributed by atoms with Crippen LogP contribution in [0.1, 0.15) is 47.8 Å². The Balaban J connectivity index is 0.000000209. The first-order valence-electron chi connectivity index (χ1n) is 19.1. The van der Waals surface area contributed by atoms with E-state index in [0.717, 1.165) is 12.8 Å². The maximum absolute atomic E-state index is 14.9. The zero-order chi connectivity index (χ0) is 46.0. The van der Waals surface area contributed by atoms with Crippen LogP contribution >= 0.6 is 35.4 Å². The first-order valence-corrected chi connectivity index (χ1v) is 19.6. The molecule has 20 heteroatoms. The molecule has 8 rings (SSSR count). The van der Waals surface area contributed by atoms with E-state index >= 15 is 0 Å². The largest absolute Gasteiger partial charge is 0.496 e. The third-order valence-electron chi connectivity index (χ3n) is 8.92. The molecule has 2 aliphatic carbocycles. The van der Waals surface area contributed by atoms with E-state index in [4.69, 9.17) is 78.7 Å². The Labute approximate surface area is 370 Å². The molecule has 2 fully saturated rings. The number of alkyl halides is 1. The fourth-order valence-electron chi connectivity index (χ4n) is 5.43. The van der Waals surface area contributed by atoms with Gasteiger partial charge < -0.3 is 52.5 Å². The van der Waals surface area contributed by atoms with Crippen LogP contribution < -0.4 is 52.5 Å². The number of thiocarbonyl (C=S) groups is 1. The van der Waals surface area contributed by atoms with Gasteiger partial charge in [0.25, 0.3) is 11.8 Å². The van der Waals surface area contributed by atoms with Crippen molar-refractivity contribution in [1.29, 1.82) is 0 Å². The fourth-order valence-corrected chi connectivity index (χ4v) is 6.07. The molecule has 2 aromatic heterocycles. The van der Waals surface area contributed by atoms with Crippen molar-refractivity contribution in [2.45, 2.75) is 37.8 Å². The lowest BCUT2D eigenvalue weighted by molar-refractivity contribution is 0.0989. The summed E-state index contributed by atoms with van der Waals surface area (Å²) in [4.78, 5) is 31.8. The maximum Gasteiger partial charge on any atom is 0.252 e. The number of rotatable bonds is 10. The highest BCUT2D eigenvalue weighted by Crippen LogP contribution is 2.39. The number of amides is 2. The van der Waals surface area contributed by atoms with Gasteiger partial charge in [0, 0.05) is 47.4 Å². The summed E-state index contributed by atoms with van der Waals surface area (Å²) in [6.45, 7) is 0. The second-order valence-corrected chi connectivity index (χ2v) is 14.6. The summed E-state index contributed by atoms with van der Waals surface area (Å²) in [7, 11) is 1.84. The fraction of sp³-hybridized carbons (Fsp3) is 0.214. The van der Waals surface area contributed by atoms with Gasteiger partial charge in [-0.2, -0.15) is 0 Å². The second-order valence-electron chi connectivity index (χ2n) is 13.4. The van der Waals surface area contributed by atoms with Crippen LogP contribution in [0.2, 0.25) is 10.0 Å². The number of nitrogen functional groups attached to an aromatic ring is 1. The van der Waals surface area contributed by atoms with Gasteiger partial charge in [0.15, 0.2) is 28.2 Å². The number of halogens is 5. The van der Waals surface area contributed by atoms with E-state index < -0.39 is 30.6 Å². The zero-order valence-electron chi connectivity index (χ0n) is 34.1. The molecule has 2 amide bonds. The van der Waals surface area contributed by atoms with E-state index in [9.17, 15) is 22.8 Å². The van der Waals surface area contributed by atoms with Crippen molar-refractivity contribution in [3.63, 3.8) is 0 Å². The number of pyridine rings is 2. The van der Waals surface area contributed by atoms with E-state index in [1.54, 1.807) is 24.3 Å². The number of nitrogens with one attached hydrogen (secondary N) is 2. The molecule has 0 atom stereocenters. The van der Waals surface area contributed by atoms with E-state index in [2.05, 4.69) is 20.6 Å². The Hall–Kier alpha value is -6.34. The number of carbonyl (C=O) groups excluding carboxylic acids is 2. The number of hydrogen-bond acceptors (Lipinski definition) is 11. The lowest BCUT2D eigenvalue weighted by atomic mass is 10.1. The number of hydrogen-bond donors (Lipinski definition) is 6. The van der Waals surface area contributed by atoms with Crippen LogP contribution in [0.5, 0.6) is 34.5 Å². The summed E-state index contributed by atoms with van der Waals surface area (Å²) in [5.74, 6) is -1.97. The van der Waals surface area contributed by atoms with Gasteiger partial charge in [0.2, 0.25) is 0 Å². The van der Waals surface area contributed by atoms with Gasteiger partial charge in [-0.15, -0.1) is 0 Å². The first-order chi connectivity index (χ1) is 30.1. The van der Waals surface area contributed by atoms with Crippen molar-refractivity contribution >= 4 is 85.5 Å². The van der Waals surface area contributed by atoms with Gasteiger partial charge in [-0.25, -0.2) is 8.78 Å². The number of fused-ring (bicyclic) bond motifs is 2. The highest BCUT2D eigenvalue weighted by molar-refractivity contribution is 7.80. The number of ether oxygens (including phenoxy) is 4. The zero-order valence-corrected chi connectivity index (χ0v) is 35.4. The number of methoxy groups -OCH3 is 2. The van der Waals surface area contributed by atoms with Crippen molar-refractivity contribution in [1.82, 2.24) is 15.3 Å². The molecule has 62 heavy (non-hydrogen) atoms. The van der Waals surface area contributed by atoms with Gasteiger partial charge in [-0.3, -0.25) is 23.9 Å². The van der Waals surface area contributed by atoms with Crippen molar-refractivity contribution < 1.29 is 43.1 Å². The van der Waals surface area contributed by atoms with Crippen LogP contribution in [0.4, 0.5) is 24.5 Å². The van der Waals surface area contributed by atoms with Crippen molar-refractivity contribution in [3.05, 3.63) is 106 Å². The maximum atomic E-state index is 14.9. The van der Waals surface area contributed by atoms with Crippen molar-refractivity contribution in [2.75, 3.05) is 32.4 Å². The molecule has 0 unspecified atom stereocenters. The summed E-state index contributed by atoms with van der Waals surface area (Å²) in [5, 5.41) is 6.92. The van der Waals surface area contributed by atoms with Gasteiger partial charge >= 0.3 is 0 Å². The number of primary amides is 2. The number of carbonyl (C=O) groups is 2. The van der Waals surface area contributed by atoms with E-state index in [-0.39, 0.29) is 61.4 Å². The van der Waals surface area contributed by atoms with E-state index in [1.807, 2.05) is 0 Å². The molecule has 6 aromatic rings. The van der Waals surface area contributed by atoms with Gasteiger partial charge in [-0.1, -0.05) is 23.2 Å². The van der Waals surface area contributed by atoms with Crippen molar-refractivity contribution in [2.24, 2.45) is 17.2 Å². The molecule has 0 spiro atoms. The predicted molar refractivity (Wildman–Crippen MR) is 238 cm³/mol. The van der Waals surface area contributed by atoms with Crippen LogP contribution in [0.15, 0.2) is 73.1 Å². The molecule has 0 radical (unpaired) electrons. The summed E-state index contributed by atoms with van der Waals surface area (Å²) in [5.41, 5.74) is 23.3. The van der Waals surface area contributed by atoms with Crippen LogP contribution in [0.3, 0.4) is 0 Å². The minimum atomic E-state index is -1.00. The lowest BCUT2D eigenvalue weighted by Crippen LogP contribution is -2.30. The molecule has 4 aromatic carbocycles. The highest BCUT2D eigenvalue weighted by Gasteiger charge is 2.23. The standard InChI is InChI=1S/C21H18ClFN4O3S.C17H13ClFN3O3.C3H7N.CH3F/c1-29-17-9-14-11(8-12(17)20(24)28)15(6-7-25-14)30-16-5-4-13(18(22)19(16)23)27-21(31)26-10-2-3-10;1-24-14-7-11-8(6-9(14)17(21)23)12(4-5-22-11)25-13-3-2-10(20)15(18)16(13)19;4-3-1-2-3;1-2/h4-10H,2-3H2,1H3,(H2,24,28)(H2,26,27,31);2-7H,20H2,1H3,(H2,21,23);3H,1-2,4H2;1H3/i;;;1D. The SMILES string of the molecule is COc1cc2nccc(Oc3ccc(N)c(Cl)c3F)c2cc1C(N)=O.COc1cc2nccc(Oc3ccc(NC(=S)NC4CC4)c(Cl)c3F)c2cc1C(N)=O.NC1CC1.[2H]CF. The van der Waals surface area contributed by atoms with Gasteiger partial charge in [0.1, 0.15) is 33.0 Å². The average molecular weight is 915 g/mol. The summed E-state index contributed by atoms with van der Waals surface area (Å²) in [6.07, 6.45) is 7.62. The Morgan fingerprint density at radius 3 is 1.63 bits per heavy atom. The number of nitrogens with two attached hydrogens (primary N) is 4. The minimum absolute atomic E-state index is 0.0967. The quantitative estimate of drug-likeness (QED) is 0.0560. The molecule has 14 nitrogen and oxygen atoms in total. The summed E-state index contributed by atoms with van der Waals surface area (Å²) >= 11 is 17.2. The lowest BCUT2D eigenvalue weighted by Gasteiger charge is -2.15. The average Bonchev–Trinajstić information content (AvgIpc) is 4.22. The smallest absolute Gasteiger partial charge is 0.252 e. The summed E-state index contributed by atoms with van der Waals surface area (Å²) in [6, 6.07) is 15.9. The van der Waals surface area contributed by atoms with Crippen LogP contribution in [-0.2, 0) is 0 Å². The van der Waals surface area contributed by atoms with Crippen LogP contribution in [0, 0.1) is 11.6 Å². The molecule has 2 heterocycles. The number of aromatic nitrogens is 2. The molecule has 0 saturated heterocycles. The Morgan fingerprint density at radius 2 is 1.21 bits per heavy atom. The third kappa shape index (κ3) is 11.5. The van der Waals surface area contributed by atoms with E-state index in [0.29, 0.717) is 44.7 Å². The number of anilines is 2. The minimum Gasteiger partial charge on any atom is -0.496 e. The molecule has 0 aliphatic heterocycles. The molecular formula is C42H41Cl2F3N8O6S. The van der Waals surface area contributed by atoms with Crippen molar-refractivity contribution in [3.8, 4) is 34.5 Å². The van der Waals surface area contributed by atoms with Crippen LogP contribution in [-0.4, -0.2) is 60.4 Å². The van der Waals surface area contributed by atoms with Crippen LogP contribution in [0.25, 0.3) is 21.8 Å². The first kappa shape index (κ1) is 45.2. The number of benzene rings is 4. The monoisotopic (exact) mass is 913 g/mol. The van der Waals surface area contributed by atoms with Gasteiger partial charge in [0.05, 0.1) is 56.3 Å². The molecule has 0 bridgehead atoms. The number of nitrogens with zero attached hydrogens (tertiary/aromatic N) is 2. The van der Waals surface area contributed by atoms with E-state index in [1.165, 1.54) is 75.9 Å². The predicted octanol–water partition coefficient (Wildman–Crippen LogP) is 8.58. The summed E-state index contributed by atoms with van der Waals surface area (Å²) < 4.78 is 66.4. The Bertz CT molecular complexity index is 2660. The topological polar surface area (TPSA) is 225 Å². The Morgan fingerprint density at radius 1 is 0.758 bits per heavy atom. The third-order valence-corrected chi connectivity index (χ3v) is 9.90. The molecule has 326 valence electrons.